The maximum absolute atomic E-state index is 12.5. The molecule has 0 saturated heterocycles. The van der Waals surface area contributed by atoms with Crippen molar-refractivity contribution in [2.24, 2.45) is 0 Å². The molecule has 0 saturated carbocycles. The first-order chi connectivity index (χ1) is 8.91. The molecule has 2 aromatic rings. The lowest BCUT2D eigenvalue weighted by Crippen LogP contribution is -2.12. The molecule has 0 amide bonds. The molecule has 4 nitrogen and oxygen atoms in total. The molecular formula is C13H13BrN2O2S. The third-order valence-electron chi connectivity index (χ3n) is 2.58. The number of nitrogens with zero attached hydrogens (tertiary/aromatic N) is 2. The Labute approximate surface area is 121 Å². The molecule has 0 unspecified atom stereocenters. The molecule has 0 fully saturated rings. The fourth-order valence-corrected chi connectivity index (χ4v) is 3.48. The second-order valence-electron chi connectivity index (χ2n) is 4.19. The van der Waals surface area contributed by atoms with Crippen LogP contribution in [0.2, 0.25) is 0 Å². The van der Waals surface area contributed by atoms with E-state index in [0.29, 0.717) is 10.4 Å². The number of halogens is 1. The van der Waals surface area contributed by atoms with Crippen molar-refractivity contribution in [2.45, 2.75) is 9.79 Å². The normalized spacial score (nSPS) is 11.3. The van der Waals surface area contributed by atoms with Crippen LogP contribution in [0.5, 0.6) is 0 Å². The summed E-state index contributed by atoms with van der Waals surface area (Å²) >= 11 is 3.24. The van der Waals surface area contributed by atoms with Crippen LogP contribution in [0.3, 0.4) is 0 Å². The average molecular weight is 341 g/mol. The van der Waals surface area contributed by atoms with Gasteiger partial charge < -0.3 is 4.90 Å². The Hall–Kier alpha value is -1.40. The van der Waals surface area contributed by atoms with Crippen molar-refractivity contribution in [3.8, 4) is 0 Å². The molecule has 100 valence electrons. The third-order valence-corrected chi connectivity index (χ3v) is 4.73. The first-order valence-corrected chi connectivity index (χ1v) is 7.84. The van der Waals surface area contributed by atoms with Crippen molar-refractivity contribution in [3.05, 3.63) is 47.1 Å². The molecule has 0 atom stereocenters. The first-order valence-electron chi connectivity index (χ1n) is 5.56. The van der Waals surface area contributed by atoms with E-state index in [2.05, 4.69) is 20.9 Å². The largest absolute Gasteiger partial charge is 0.363 e. The van der Waals surface area contributed by atoms with Crippen molar-refractivity contribution < 1.29 is 8.42 Å². The number of aromatic nitrogens is 1. The van der Waals surface area contributed by atoms with Crippen LogP contribution < -0.4 is 4.90 Å². The van der Waals surface area contributed by atoms with E-state index in [4.69, 9.17) is 0 Å². The van der Waals surface area contributed by atoms with E-state index in [0.717, 1.165) is 0 Å². The molecule has 0 spiro atoms. The van der Waals surface area contributed by atoms with E-state index in [1.54, 1.807) is 41.3 Å². The molecule has 0 aliphatic heterocycles. The molecule has 0 radical (unpaired) electrons. The Kier molecular flexibility index (Phi) is 3.91. The van der Waals surface area contributed by atoms with Gasteiger partial charge in [-0.05, 0) is 40.2 Å². The highest BCUT2D eigenvalue weighted by molar-refractivity contribution is 9.10. The quantitative estimate of drug-likeness (QED) is 0.806. The van der Waals surface area contributed by atoms with Crippen LogP contribution in [0.15, 0.2) is 56.9 Å². The second-order valence-corrected chi connectivity index (χ2v) is 6.96. The molecule has 0 N–H and O–H groups in total. The van der Waals surface area contributed by atoms with Crippen LogP contribution >= 0.6 is 15.9 Å². The van der Waals surface area contributed by atoms with Gasteiger partial charge in [0, 0.05) is 14.1 Å². The molecule has 1 heterocycles. The first kappa shape index (κ1) is 14.0. The van der Waals surface area contributed by atoms with Crippen molar-refractivity contribution in [1.29, 1.82) is 0 Å². The van der Waals surface area contributed by atoms with Gasteiger partial charge in [-0.1, -0.05) is 18.2 Å². The van der Waals surface area contributed by atoms with E-state index in [1.807, 2.05) is 14.1 Å². The maximum atomic E-state index is 12.5. The molecule has 6 heteroatoms. The summed E-state index contributed by atoms with van der Waals surface area (Å²) in [6.07, 6.45) is 0. The molecule has 19 heavy (non-hydrogen) atoms. The molecule has 0 bridgehead atoms. The fourth-order valence-electron chi connectivity index (χ4n) is 1.58. The zero-order valence-corrected chi connectivity index (χ0v) is 12.9. The average Bonchev–Trinajstić information content (AvgIpc) is 2.39. The monoisotopic (exact) mass is 340 g/mol. The lowest BCUT2D eigenvalue weighted by atomic mass is 10.4. The predicted molar refractivity (Wildman–Crippen MR) is 78.2 cm³/mol. The van der Waals surface area contributed by atoms with E-state index >= 15 is 0 Å². The van der Waals surface area contributed by atoms with Gasteiger partial charge in [0.1, 0.15) is 10.4 Å². The van der Waals surface area contributed by atoms with Crippen LogP contribution in [-0.4, -0.2) is 27.5 Å². The summed E-state index contributed by atoms with van der Waals surface area (Å²) in [5.41, 5.74) is 0. The van der Waals surface area contributed by atoms with Crippen molar-refractivity contribution in [2.75, 3.05) is 19.0 Å². The van der Waals surface area contributed by atoms with Gasteiger partial charge in [0.25, 0.3) is 0 Å². The molecule has 1 aromatic carbocycles. The summed E-state index contributed by atoms with van der Waals surface area (Å²) in [7, 11) is 0.112. The predicted octanol–water partition coefficient (Wildman–Crippen LogP) is 2.74. The lowest BCUT2D eigenvalue weighted by Gasteiger charge is -2.13. The fraction of sp³-hybridized carbons (Fsp3) is 0.154. The van der Waals surface area contributed by atoms with Crippen molar-refractivity contribution in [1.82, 2.24) is 4.98 Å². The third kappa shape index (κ3) is 2.96. The summed E-state index contributed by atoms with van der Waals surface area (Å²) in [4.78, 5) is 6.48. The second kappa shape index (κ2) is 5.30. The van der Waals surface area contributed by atoms with Gasteiger partial charge in [-0.2, -0.15) is 0 Å². The summed E-state index contributed by atoms with van der Waals surface area (Å²) in [5, 5.41) is 0. The highest BCUT2D eigenvalue weighted by atomic mass is 79.9. The summed E-state index contributed by atoms with van der Waals surface area (Å²) < 4.78 is 25.5. The number of sulfone groups is 1. The number of hydrogen-bond acceptors (Lipinski definition) is 4. The van der Waals surface area contributed by atoms with E-state index in [9.17, 15) is 8.42 Å². The van der Waals surface area contributed by atoms with Gasteiger partial charge in [-0.25, -0.2) is 13.4 Å². The summed E-state index contributed by atoms with van der Waals surface area (Å²) in [6.45, 7) is 0. The van der Waals surface area contributed by atoms with Crippen molar-refractivity contribution in [3.63, 3.8) is 0 Å². The highest BCUT2D eigenvalue weighted by Gasteiger charge is 2.19. The number of hydrogen-bond donors (Lipinski definition) is 0. The van der Waals surface area contributed by atoms with Crippen LogP contribution in [-0.2, 0) is 9.84 Å². The van der Waals surface area contributed by atoms with E-state index < -0.39 is 9.84 Å². The number of benzene rings is 1. The summed E-state index contributed by atoms with van der Waals surface area (Å²) in [5.74, 6) is 0.587. The van der Waals surface area contributed by atoms with Crippen LogP contribution in [0.25, 0.3) is 0 Å². The van der Waals surface area contributed by atoms with Gasteiger partial charge in [0.2, 0.25) is 9.84 Å². The Bertz CT molecular complexity index is 685. The van der Waals surface area contributed by atoms with Crippen LogP contribution in [0, 0.1) is 0 Å². The Morgan fingerprint density at radius 1 is 1.05 bits per heavy atom. The van der Waals surface area contributed by atoms with Gasteiger partial charge in [-0.3, -0.25) is 0 Å². The minimum absolute atomic E-state index is 0.226. The lowest BCUT2D eigenvalue weighted by molar-refractivity contribution is 0.596. The smallest absolute Gasteiger partial charge is 0.206 e. The summed E-state index contributed by atoms with van der Waals surface area (Å²) in [6, 6.07) is 11.4. The minimum Gasteiger partial charge on any atom is -0.363 e. The molecule has 1 aromatic heterocycles. The molecule has 2 rings (SSSR count). The Balaban J connectivity index is 2.59. The van der Waals surface area contributed by atoms with Crippen LogP contribution in [0.1, 0.15) is 0 Å². The number of pyridine rings is 1. The minimum atomic E-state index is -3.51. The molecule has 0 aliphatic rings. The molecular weight excluding hydrogens is 328 g/mol. The molecule has 0 aliphatic carbocycles. The van der Waals surface area contributed by atoms with Gasteiger partial charge >= 0.3 is 0 Å². The Morgan fingerprint density at radius 2 is 1.68 bits per heavy atom. The van der Waals surface area contributed by atoms with Crippen molar-refractivity contribution >= 4 is 31.6 Å². The standard InChI is InChI=1S/C13H13BrN2O2S/c1-16(2)13-9-11(8-12(14)15-13)19(17,18)10-6-4-3-5-7-10/h3-9H,1-2H3. The van der Waals surface area contributed by atoms with E-state index in [1.165, 1.54) is 6.07 Å². The van der Waals surface area contributed by atoms with Gasteiger partial charge in [0.05, 0.1) is 9.79 Å². The van der Waals surface area contributed by atoms with Gasteiger partial charge in [0.15, 0.2) is 0 Å². The maximum Gasteiger partial charge on any atom is 0.206 e. The van der Waals surface area contributed by atoms with Crippen LogP contribution in [0.4, 0.5) is 5.82 Å². The number of rotatable bonds is 3. The topological polar surface area (TPSA) is 50.3 Å². The van der Waals surface area contributed by atoms with Gasteiger partial charge in [-0.15, -0.1) is 0 Å². The van der Waals surface area contributed by atoms with E-state index in [-0.39, 0.29) is 9.79 Å². The zero-order valence-electron chi connectivity index (χ0n) is 10.5. The highest BCUT2D eigenvalue weighted by Crippen LogP contribution is 2.25. The number of anilines is 1. The SMILES string of the molecule is CN(C)c1cc(S(=O)(=O)c2ccccc2)cc(Br)n1. The Morgan fingerprint density at radius 3 is 2.26 bits per heavy atom. The zero-order chi connectivity index (χ0) is 14.0.